The molecule has 0 amide bonds. The van der Waals surface area contributed by atoms with E-state index < -0.39 is 75.4 Å². The van der Waals surface area contributed by atoms with Crippen LogP contribution in [-0.4, -0.2) is 9.97 Å². The van der Waals surface area contributed by atoms with Crippen molar-refractivity contribution < 1.29 is 48.6 Å². The number of alkyl halides is 2. The van der Waals surface area contributed by atoms with E-state index in [1.165, 1.54) is 18.5 Å². The molecule has 0 atom stereocenters. The van der Waals surface area contributed by atoms with E-state index in [2.05, 4.69) is 14.7 Å². The highest BCUT2D eigenvalue weighted by molar-refractivity contribution is 5.81. The van der Waals surface area contributed by atoms with Gasteiger partial charge in [0.15, 0.2) is 29.1 Å². The molecule has 0 fully saturated rings. The van der Waals surface area contributed by atoms with Gasteiger partial charge >= 0.3 is 6.11 Å². The average Bonchev–Trinajstić information content (AvgIpc) is 3.06. The number of aromatic nitrogens is 2. The SMILES string of the molecule is CCCCCc1cnc(C(F)=C(F)c2ccc(C(F)(F)Oc3ccc(-c4ccc(-c5cc(F)c(F)c(F)c5)c(F)c4)c(F)c3)c(F)c2)nc1. The lowest BCUT2D eigenvalue weighted by Gasteiger charge is -2.19. The van der Waals surface area contributed by atoms with Gasteiger partial charge in [-0.3, -0.25) is 0 Å². The Morgan fingerprint density at radius 1 is 0.653 bits per heavy atom. The summed E-state index contributed by atoms with van der Waals surface area (Å²) in [6.07, 6.45) is 1.70. The van der Waals surface area contributed by atoms with Gasteiger partial charge in [0.1, 0.15) is 23.2 Å². The maximum Gasteiger partial charge on any atom is 0.429 e. The summed E-state index contributed by atoms with van der Waals surface area (Å²) in [6, 6.07) is 8.09. The van der Waals surface area contributed by atoms with Crippen LogP contribution in [0.5, 0.6) is 5.75 Å². The van der Waals surface area contributed by atoms with Crippen LogP contribution in [-0.2, 0) is 12.5 Å². The first kappa shape index (κ1) is 35.1. The molecule has 3 nitrogen and oxygen atoms in total. The van der Waals surface area contributed by atoms with Gasteiger partial charge in [-0.1, -0.05) is 38.0 Å². The van der Waals surface area contributed by atoms with E-state index >= 15 is 0 Å². The molecule has 1 aromatic heterocycles. The summed E-state index contributed by atoms with van der Waals surface area (Å²) in [5.74, 6) is -13.2. The lowest BCUT2D eigenvalue weighted by Crippen LogP contribution is -2.23. The minimum absolute atomic E-state index is 0.0996. The minimum Gasteiger partial charge on any atom is -0.429 e. The quantitative estimate of drug-likeness (QED) is 0.0786. The van der Waals surface area contributed by atoms with Crippen LogP contribution in [0.2, 0.25) is 0 Å². The van der Waals surface area contributed by atoms with Crippen LogP contribution in [0, 0.1) is 34.9 Å². The lowest BCUT2D eigenvalue weighted by molar-refractivity contribution is -0.187. The summed E-state index contributed by atoms with van der Waals surface area (Å²) < 4.78 is 149. The van der Waals surface area contributed by atoms with Gasteiger partial charge in [-0.05, 0) is 72.0 Å². The Morgan fingerprint density at radius 3 is 1.88 bits per heavy atom. The highest BCUT2D eigenvalue weighted by Crippen LogP contribution is 2.38. The molecule has 1 heterocycles. The molecule has 0 radical (unpaired) electrons. The number of benzene rings is 4. The van der Waals surface area contributed by atoms with Crippen molar-refractivity contribution in [3.63, 3.8) is 0 Å². The van der Waals surface area contributed by atoms with Crippen LogP contribution in [0.1, 0.15) is 48.7 Å². The molecule has 49 heavy (non-hydrogen) atoms. The molecule has 5 aromatic rings. The van der Waals surface area contributed by atoms with Crippen LogP contribution in [0.4, 0.5) is 43.9 Å². The Kier molecular flexibility index (Phi) is 10.4. The first-order chi connectivity index (χ1) is 23.3. The van der Waals surface area contributed by atoms with Gasteiger partial charge in [0.05, 0.1) is 5.56 Å². The second-order valence-electron chi connectivity index (χ2n) is 10.9. The molecule has 0 N–H and O–H groups in total. The fraction of sp³-hybridized carbons (Fsp3) is 0.167. The van der Waals surface area contributed by atoms with Gasteiger partial charge in [0, 0.05) is 35.2 Å². The predicted octanol–water partition coefficient (Wildman–Crippen LogP) is 11.3. The molecule has 4 aromatic carbocycles. The third-order valence-corrected chi connectivity index (χ3v) is 7.46. The van der Waals surface area contributed by atoms with E-state index in [0.717, 1.165) is 43.5 Å². The molecule has 254 valence electrons. The van der Waals surface area contributed by atoms with Crippen LogP contribution in [0.3, 0.4) is 0 Å². The van der Waals surface area contributed by atoms with Gasteiger partial charge in [-0.25, -0.2) is 40.7 Å². The Bertz CT molecular complexity index is 2010. The molecular weight excluding hydrogens is 666 g/mol. The number of hydrogen-bond donors (Lipinski definition) is 0. The van der Waals surface area contributed by atoms with Crippen molar-refractivity contribution in [3.05, 3.63) is 137 Å². The Labute approximate surface area is 273 Å². The molecular formula is C36H24F10N2O. The van der Waals surface area contributed by atoms with E-state index in [0.29, 0.717) is 48.4 Å². The summed E-state index contributed by atoms with van der Waals surface area (Å²) in [5.41, 5.74) is -2.41. The standard InChI is InChI=1S/C36H24F10N2O/c1-2-3-4-5-19-17-47-35(48-18-19)34(44)32(42)21-7-11-26(29(39)13-21)36(45,46)49-23-8-10-24(28(38)16-23)20-6-9-25(27(37)12-20)22-14-30(40)33(43)31(41)15-22/h6-18H,2-5H2,1H3. The molecule has 13 heteroatoms. The molecule has 0 spiro atoms. The van der Waals surface area contributed by atoms with Crippen molar-refractivity contribution in [2.24, 2.45) is 0 Å². The number of halogens is 10. The fourth-order valence-electron chi connectivity index (χ4n) is 4.91. The average molecular weight is 691 g/mol. The van der Waals surface area contributed by atoms with Gasteiger partial charge in [-0.2, -0.15) is 13.2 Å². The highest BCUT2D eigenvalue weighted by Gasteiger charge is 2.38. The third kappa shape index (κ3) is 7.76. The van der Waals surface area contributed by atoms with Gasteiger partial charge in [0.25, 0.3) is 0 Å². The number of hydrogen-bond acceptors (Lipinski definition) is 3. The topological polar surface area (TPSA) is 35.0 Å². The van der Waals surface area contributed by atoms with Crippen LogP contribution >= 0.6 is 0 Å². The number of rotatable bonds is 11. The third-order valence-electron chi connectivity index (χ3n) is 7.46. The van der Waals surface area contributed by atoms with E-state index in [1.54, 1.807) is 0 Å². The Balaban J connectivity index is 1.32. The maximum absolute atomic E-state index is 15.0. The van der Waals surface area contributed by atoms with Crippen molar-refractivity contribution in [2.75, 3.05) is 0 Å². The number of aryl methyl sites for hydroxylation is 1. The monoisotopic (exact) mass is 690 g/mol. The van der Waals surface area contributed by atoms with Crippen molar-refractivity contribution in [3.8, 4) is 28.0 Å². The second kappa shape index (κ2) is 14.5. The Hall–Kier alpha value is -5.20. The van der Waals surface area contributed by atoms with Crippen LogP contribution in [0.25, 0.3) is 33.9 Å². The normalized spacial score (nSPS) is 12.2. The van der Waals surface area contributed by atoms with Crippen LogP contribution < -0.4 is 4.74 Å². The smallest absolute Gasteiger partial charge is 0.429 e. The van der Waals surface area contributed by atoms with E-state index in [4.69, 9.17) is 0 Å². The molecule has 0 unspecified atom stereocenters. The second-order valence-corrected chi connectivity index (χ2v) is 10.9. The highest BCUT2D eigenvalue weighted by atomic mass is 19.3. The minimum atomic E-state index is -4.42. The summed E-state index contributed by atoms with van der Waals surface area (Å²) in [5, 5.41) is 0. The number of nitrogens with zero attached hydrogens (tertiary/aromatic N) is 2. The number of unbranched alkanes of at least 4 members (excludes halogenated alkanes) is 2. The van der Waals surface area contributed by atoms with Crippen molar-refractivity contribution in [1.82, 2.24) is 9.97 Å². The van der Waals surface area contributed by atoms with E-state index in [1.807, 2.05) is 6.92 Å². The lowest BCUT2D eigenvalue weighted by atomic mass is 9.99. The fourth-order valence-corrected chi connectivity index (χ4v) is 4.91. The first-order valence-electron chi connectivity index (χ1n) is 14.8. The van der Waals surface area contributed by atoms with Crippen molar-refractivity contribution >= 4 is 11.7 Å². The van der Waals surface area contributed by atoms with Crippen molar-refractivity contribution in [1.29, 1.82) is 0 Å². The first-order valence-corrected chi connectivity index (χ1v) is 14.8. The molecule has 0 bridgehead atoms. The molecule has 0 aliphatic rings. The predicted molar refractivity (Wildman–Crippen MR) is 162 cm³/mol. The molecule has 0 saturated heterocycles. The summed E-state index contributed by atoms with van der Waals surface area (Å²) in [7, 11) is 0. The van der Waals surface area contributed by atoms with Crippen molar-refractivity contribution in [2.45, 2.75) is 38.7 Å². The molecule has 0 aliphatic heterocycles. The van der Waals surface area contributed by atoms with Gasteiger partial charge in [-0.15, -0.1) is 0 Å². The molecule has 5 rings (SSSR count). The molecule has 0 aliphatic carbocycles. The van der Waals surface area contributed by atoms with Gasteiger partial charge < -0.3 is 4.74 Å². The van der Waals surface area contributed by atoms with Gasteiger partial charge in [0.2, 0.25) is 5.83 Å². The largest absolute Gasteiger partial charge is 0.429 e. The van der Waals surface area contributed by atoms with E-state index in [9.17, 15) is 43.9 Å². The zero-order valence-electron chi connectivity index (χ0n) is 25.4. The summed E-state index contributed by atoms with van der Waals surface area (Å²) in [6.45, 7) is 2.03. The summed E-state index contributed by atoms with van der Waals surface area (Å²) in [4.78, 5) is 7.58. The molecule has 0 saturated carbocycles. The zero-order chi connectivity index (χ0) is 35.5. The van der Waals surface area contributed by atoms with E-state index in [-0.39, 0.29) is 22.3 Å². The summed E-state index contributed by atoms with van der Waals surface area (Å²) >= 11 is 0. The maximum atomic E-state index is 15.0. The zero-order valence-corrected chi connectivity index (χ0v) is 25.4. The van der Waals surface area contributed by atoms with Crippen LogP contribution in [0.15, 0.2) is 79.1 Å². The Morgan fingerprint density at radius 2 is 1.27 bits per heavy atom. The number of ether oxygens (including phenoxy) is 1.